The molecule has 150 valence electrons. The van der Waals surface area contributed by atoms with Gasteiger partial charge < -0.3 is 15.2 Å². The van der Waals surface area contributed by atoms with Crippen LogP contribution in [0.5, 0.6) is 0 Å². The smallest absolute Gasteiger partial charge is 0.319 e. The van der Waals surface area contributed by atoms with Crippen molar-refractivity contribution >= 4 is 23.3 Å². The zero-order valence-corrected chi connectivity index (χ0v) is 17.0. The number of halogens is 1. The molecule has 0 aliphatic carbocycles. The molecule has 5 rings (SSSR count). The van der Waals surface area contributed by atoms with E-state index in [2.05, 4.69) is 37.4 Å². The molecule has 0 bridgehead atoms. The highest BCUT2D eigenvalue weighted by atomic mass is 35.5. The summed E-state index contributed by atoms with van der Waals surface area (Å²) in [5.41, 5.74) is 5.82. The Labute approximate surface area is 178 Å². The Hall–Kier alpha value is -3.58. The lowest BCUT2D eigenvalue weighted by Crippen LogP contribution is -2.33. The fourth-order valence-corrected chi connectivity index (χ4v) is 4.18. The van der Waals surface area contributed by atoms with Gasteiger partial charge in [0.2, 0.25) is 0 Å². The summed E-state index contributed by atoms with van der Waals surface area (Å²) in [6, 6.07) is 13.4. The first-order chi connectivity index (χ1) is 14.6. The molecule has 8 heteroatoms. The van der Waals surface area contributed by atoms with E-state index in [0.29, 0.717) is 17.3 Å². The molecule has 0 radical (unpaired) electrons. The predicted octanol–water partition coefficient (Wildman–Crippen LogP) is 4.33. The monoisotopic (exact) mass is 418 g/mol. The van der Waals surface area contributed by atoms with E-state index >= 15 is 0 Å². The van der Waals surface area contributed by atoms with Gasteiger partial charge in [-0.05, 0) is 17.7 Å². The van der Waals surface area contributed by atoms with Crippen molar-refractivity contribution in [1.29, 1.82) is 0 Å². The third kappa shape index (κ3) is 3.23. The minimum Gasteiger partial charge on any atom is -0.335 e. The molecule has 0 saturated carbocycles. The third-order valence-electron chi connectivity index (χ3n) is 5.30. The summed E-state index contributed by atoms with van der Waals surface area (Å²) in [5, 5.41) is 10.5. The van der Waals surface area contributed by atoms with E-state index < -0.39 is 0 Å². The maximum atomic E-state index is 12.5. The van der Waals surface area contributed by atoms with Crippen molar-refractivity contribution in [3.63, 3.8) is 0 Å². The van der Waals surface area contributed by atoms with Gasteiger partial charge in [0, 0.05) is 42.2 Å². The number of fused-ring (bicyclic) bond motifs is 3. The normalized spacial score (nSPS) is 14.3. The van der Waals surface area contributed by atoms with Gasteiger partial charge in [0.1, 0.15) is 0 Å². The molecule has 2 aromatic carbocycles. The van der Waals surface area contributed by atoms with Gasteiger partial charge in [-0.15, -0.1) is 0 Å². The van der Waals surface area contributed by atoms with Crippen LogP contribution in [0.1, 0.15) is 11.6 Å². The molecular weight excluding hydrogens is 400 g/mol. The fraction of sp³-hybridized carbons (Fsp3) is 0.136. The topological polar surface area (TPSA) is 76.8 Å². The Morgan fingerprint density at radius 3 is 2.83 bits per heavy atom. The van der Waals surface area contributed by atoms with E-state index in [1.54, 1.807) is 23.3 Å². The van der Waals surface area contributed by atoms with E-state index in [-0.39, 0.29) is 12.1 Å². The van der Waals surface area contributed by atoms with E-state index in [1.165, 1.54) is 5.56 Å². The summed E-state index contributed by atoms with van der Waals surface area (Å²) < 4.78 is 3.81. The number of nitrogens with one attached hydrogen (secondary N) is 2. The molecule has 1 unspecified atom stereocenters. The second-order valence-corrected chi connectivity index (χ2v) is 7.63. The maximum Gasteiger partial charge on any atom is 0.319 e. The summed E-state index contributed by atoms with van der Waals surface area (Å²) in [5.74, 6) is 0. The third-order valence-corrected chi connectivity index (χ3v) is 5.61. The molecule has 1 aliphatic heterocycles. The van der Waals surface area contributed by atoms with Crippen LogP contribution in [0.15, 0.2) is 67.4 Å². The lowest BCUT2D eigenvalue weighted by Gasteiger charge is -2.16. The van der Waals surface area contributed by atoms with Crippen molar-refractivity contribution in [2.24, 2.45) is 7.05 Å². The number of amides is 2. The molecular formula is C22H19ClN6O. The van der Waals surface area contributed by atoms with Crippen LogP contribution in [0, 0.1) is 0 Å². The van der Waals surface area contributed by atoms with E-state index in [9.17, 15) is 4.79 Å². The molecule has 1 aliphatic rings. The molecule has 2 aromatic heterocycles. The van der Waals surface area contributed by atoms with Crippen molar-refractivity contribution in [2.75, 3.05) is 11.9 Å². The van der Waals surface area contributed by atoms with Gasteiger partial charge in [0.25, 0.3) is 0 Å². The Morgan fingerprint density at radius 2 is 2.03 bits per heavy atom. The van der Waals surface area contributed by atoms with Gasteiger partial charge in [0.15, 0.2) is 0 Å². The lowest BCUT2D eigenvalue weighted by atomic mass is 10.0. The number of nitrogens with zero attached hydrogens (tertiary/aromatic N) is 4. The molecule has 4 aromatic rings. The molecule has 0 spiro atoms. The number of carbonyl (C=O) groups excluding carboxylic acids is 1. The van der Waals surface area contributed by atoms with Crippen molar-refractivity contribution in [3.05, 3.63) is 78.0 Å². The van der Waals surface area contributed by atoms with Crippen molar-refractivity contribution in [3.8, 4) is 22.4 Å². The lowest BCUT2D eigenvalue weighted by molar-refractivity contribution is 0.251. The van der Waals surface area contributed by atoms with Gasteiger partial charge in [-0.25, -0.2) is 9.78 Å². The highest BCUT2D eigenvalue weighted by Crippen LogP contribution is 2.38. The second kappa shape index (κ2) is 7.35. The number of carbonyl (C=O) groups is 1. The largest absolute Gasteiger partial charge is 0.335 e. The highest BCUT2D eigenvalue weighted by molar-refractivity contribution is 6.33. The Morgan fingerprint density at radius 1 is 1.17 bits per heavy atom. The second-order valence-electron chi connectivity index (χ2n) is 7.22. The van der Waals surface area contributed by atoms with Crippen LogP contribution < -0.4 is 10.6 Å². The molecule has 3 heterocycles. The van der Waals surface area contributed by atoms with Crippen LogP contribution in [0.25, 0.3) is 22.4 Å². The average molecular weight is 419 g/mol. The molecule has 0 fully saturated rings. The summed E-state index contributed by atoms with van der Waals surface area (Å²) in [6.45, 7) is 0.452. The van der Waals surface area contributed by atoms with Gasteiger partial charge in [-0.1, -0.05) is 41.9 Å². The minimum absolute atomic E-state index is 0.0148. The summed E-state index contributed by atoms with van der Waals surface area (Å²) >= 11 is 6.42. The van der Waals surface area contributed by atoms with Crippen molar-refractivity contribution in [1.82, 2.24) is 24.6 Å². The van der Waals surface area contributed by atoms with Crippen LogP contribution in [0.2, 0.25) is 5.02 Å². The summed E-state index contributed by atoms with van der Waals surface area (Å²) in [6.07, 6.45) is 7.30. The Kier molecular flexibility index (Phi) is 4.52. The number of rotatable bonds is 4. The van der Waals surface area contributed by atoms with Gasteiger partial charge >= 0.3 is 6.03 Å². The van der Waals surface area contributed by atoms with Gasteiger partial charge in [0.05, 0.1) is 35.5 Å². The minimum atomic E-state index is -0.286. The number of aryl methyl sites for hydroxylation is 1. The quantitative estimate of drug-likeness (QED) is 0.518. The molecule has 30 heavy (non-hydrogen) atoms. The number of hydrogen-bond acceptors (Lipinski definition) is 3. The average Bonchev–Trinajstić information content (AvgIpc) is 3.43. The summed E-state index contributed by atoms with van der Waals surface area (Å²) in [7, 11) is 1.85. The first-order valence-corrected chi connectivity index (χ1v) is 9.92. The molecule has 0 saturated heterocycles. The zero-order chi connectivity index (χ0) is 20.7. The van der Waals surface area contributed by atoms with Gasteiger partial charge in [-0.2, -0.15) is 5.10 Å². The number of urea groups is 1. The van der Waals surface area contributed by atoms with Crippen LogP contribution in [0.4, 0.5) is 10.5 Å². The van der Waals surface area contributed by atoms with Crippen molar-refractivity contribution < 1.29 is 4.79 Å². The van der Waals surface area contributed by atoms with Gasteiger partial charge in [-0.3, -0.25) is 4.68 Å². The van der Waals surface area contributed by atoms with Crippen LogP contribution in [0.3, 0.4) is 0 Å². The van der Waals surface area contributed by atoms with Crippen LogP contribution >= 0.6 is 11.6 Å². The van der Waals surface area contributed by atoms with Crippen LogP contribution in [-0.2, 0) is 7.05 Å². The first kappa shape index (κ1) is 18.4. The van der Waals surface area contributed by atoms with E-state index in [0.717, 1.165) is 22.4 Å². The maximum absolute atomic E-state index is 12.5. The van der Waals surface area contributed by atoms with Crippen molar-refractivity contribution in [2.45, 2.75) is 6.04 Å². The zero-order valence-electron chi connectivity index (χ0n) is 16.2. The SMILES string of the molecule is Cn1cc(-c2ccc(NC(=O)NCC3c4ccccc4-c4cncn43)cc2Cl)cn1. The number of benzene rings is 2. The number of anilines is 1. The van der Waals surface area contributed by atoms with E-state index in [1.807, 2.05) is 43.7 Å². The Bertz CT molecular complexity index is 1240. The van der Waals surface area contributed by atoms with E-state index in [4.69, 9.17) is 11.6 Å². The Balaban J connectivity index is 1.27. The first-order valence-electron chi connectivity index (χ1n) is 9.55. The standard InChI is InChI=1S/C22H19ClN6O/c1-28-12-14(9-26-28)16-7-6-15(8-19(16)23)27-22(30)25-11-21-18-5-3-2-4-17(18)20-10-24-13-29(20)21/h2-10,12-13,21H,11H2,1H3,(H2,25,27,30). The molecule has 1 atom stereocenters. The molecule has 7 nitrogen and oxygen atoms in total. The number of aromatic nitrogens is 4. The predicted molar refractivity (Wildman–Crippen MR) is 116 cm³/mol. The highest BCUT2D eigenvalue weighted by Gasteiger charge is 2.28. The van der Waals surface area contributed by atoms with Crippen LogP contribution in [-0.4, -0.2) is 31.9 Å². The summed E-state index contributed by atoms with van der Waals surface area (Å²) in [4.78, 5) is 16.7. The molecule has 2 amide bonds. The number of hydrogen-bond donors (Lipinski definition) is 2. The molecule has 2 N–H and O–H groups in total. The number of imidazole rings is 1. The fourth-order valence-electron chi connectivity index (χ4n) is 3.89.